The van der Waals surface area contributed by atoms with Crippen LogP contribution in [-0.4, -0.2) is 19.2 Å². The van der Waals surface area contributed by atoms with Crippen molar-refractivity contribution in [2.45, 2.75) is 19.8 Å². The van der Waals surface area contributed by atoms with Crippen molar-refractivity contribution < 1.29 is 4.79 Å². The van der Waals surface area contributed by atoms with Crippen molar-refractivity contribution in [3.05, 3.63) is 0 Å². The number of urea groups is 1. The highest BCUT2D eigenvalue weighted by Crippen LogP contribution is 2.05. The van der Waals surface area contributed by atoms with Crippen molar-refractivity contribution >= 4 is 24.8 Å². The van der Waals surface area contributed by atoms with Crippen LogP contribution < -0.4 is 21.2 Å². The summed E-state index contributed by atoms with van der Waals surface area (Å²) in [6.45, 7) is 2.55. The van der Waals surface area contributed by atoms with Gasteiger partial charge in [0, 0.05) is 6.54 Å². The summed E-state index contributed by atoms with van der Waals surface area (Å²) in [4.78, 5) is 10.3. The maximum Gasteiger partial charge on any atom is 0.362 e. The largest absolute Gasteiger partial charge is 0.362 e. The van der Waals surface area contributed by atoms with Crippen LogP contribution in [0.15, 0.2) is 0 Å². The topological polar surface area (TPSA) is 79.2 Å². The van der Waals surface area contributed by atoms with Gasteiger partial charge in [0.1, 0.15) is 6.67 Å². The van der Waals surface area contributed by atoms with E-state index in [0.717, 1.165) is 19.4 Å². The van der Waals surface area contributed by atoms with Crippen LogP contribution in [0.5, 0.6) is 0 Å². The first-order valence-corrected chi connectivity index (χ1v) is 6.50. The molecule has 1 unspecified atom stereocenters. The van der Waals surface area contributed by atoms with Crippen molar-refractivity contribution in [3.8, 4) is 0 Å². The minimum absolute atomic E-state index is 0.323. The van der Waals surface area contributed by atoms with Gasteiger partial charge < -0.3 is 11.1 Å². The first-order valence-electron chi connectivity index (χ1n) is 4.14. The highest BCUT2D eigenvalue weighted by Gasteiger charge is 2.07. The number of carbonyl (C=O) groups excluding carboxylic acids is 1. The molecule has 7 heteroatoms. The third-order valence-electron chi connectivity index (χ3n) is 1.27. The lowest BCUT2D eigenvalue weighted by Crippen LogP contribution is -2.35. The minimum Gasteiger partial charge on any atom is -0.352 e. The number of rotatable bonds is 7. The van der Waals surface area contributed by atoms with Crippen LogP contribution >= 0.6 is 7.00 Å². The van der Waals surface area contributed by atoms with Gasteiger partial charge in [0.2, 0.25) is 11.8 Å². The van der Waals surface area contributed by atoms with Gasteiger partial charge in [-0.1, -0.05) is 18.4 Å². The quantitative estimate of drug-likeness (QED) is 0.285. The first-order chi connectivity index (χ1) is 6.16. The number of amides is 2. The Morgan fingerprint density at radius 2 is 2.23 bits per heavy atom. The summed E-state index contributed by atoms with van der Waals surface area (Å²) < 4.78 is 0. The second kappa shape index (κ2) is 8.31. The van der Waals surface area contributed by atoms with Crippen LogP contribution in [0.3, 0.4) is 0 Å². The van der Waals surface area contributed by atoms with Crippen molar-refractivity contribution in [1.82, 2.24) is 15.5 Å². The molecule has 0 radical (unpaired) electrons. The van der Waals surface area contributed by atoms with Crippen LogP contribution in [-0.2, 0) is 11.8 Å². The Bertz CT molecular complexity index is 178. The third kappa shape index (κ3) is 9.63. The van der Waals surface area contributed by atoms with Crippen molar-refractivity contribution in [2.75, 3.05) is 13.2 Å². The lowest BCUT2D eigenvalue weighted by Gasteiger charge is -1.97. The number of primary amides is 1. The average Bonchev–Trinajstić information content (AvgIpc) is 2.04. The van der Waals surface area contributed by atoms with Crippen molar-refractivity contribution in [2.24, 2.45) is 5.73 Å². The number of carbonyl (C=O) groups is 1. The molecule has 0 saturated carbocycles. The molecule has 0 aromatic rings. The van der Waals surface area contributed by atoms with E-state index in [-0.39, 0.29) is 0 Å². The number of unbranched alkanes of at least 4 members (excludes halogenated alkanes) is 1. The van der Waals surface area contributed by atoms with Crippen LogP contribution in [0, 0.1) is 0 Å². The maximum atomic E-state index is 10.3. The van der Waals surface area contributed by atoms with E-state index in [1.54, 1.807) is 0 Å². The maximum absolute atomic E-state index is 10.3. The predicted molar refractivity (Wildman–Crippen MR) is 57.9 cm³/mol. The lowest BCUT2D eigenvalue weighted by atomic mass is 10.3. The molecule has 5 nitrogen and oxygen atoms in total. The van der Waals surface area contributed by atoms with Gasteiger partial charge in [-0.25, -0.2) is 4.79 Å². The monoisotopic (exact) mass is 223 g/mol. The van der Waals surface area contributed by atoms with E-state index < -0.39 is 13.0 Å². The Hall–Kier alpha value is -0.290. The molecule has 0 fully saturated rings. The minimum atomic E-state index is -0.810. The highest BCUT2D eigenvalue weighted by atomic mass is 32.4. The van der Waals surface area contributed by atoms with Crippen molar-refractivity contribution in [3.63, 3.8) is 0 Å². The first kappa shape index (κ1) is 12.7. The summed E-state index contributed by atoms with van der Waals surface area (Å²) >= 11 is 5.05. The van der Waals surface area contributed by atoms with E-state index >= 15 is 0 Å². The second-order valence-electron chi connectivity index (χ2n) is 2.43. The van der Waals surface area contributed by atoms with E-state index in [9.17, 15) is 4.79 Å². The molecule has 0 aromatic heterocycles. The molecular formula is C6H16N4OPS+. The van der Waals surface area contributed by atoms with Gasteiger partial charge in [-0.3, -0.25) is 0 Å². The molecule has 2 amide bonds. The standard InChI is InChI=1S/C6H15N4OPS/c1-2-3-4-9-12(13)10-5-8-6(7)11/h2-5H2,1H3,(H4-,7,8,9,10,11,13)/p+1. The Balaban J connectivity index is 3.25. The lowest BCUT2D eigenvalue weighted by molar-refractivity contribution is 0.249. The van der Waals surface area contributed by atoms with Gasteiger partial charge in [0.05, 0.1) is 0 Å². The number of nitrogens with one attached hydrogen (secondary N) is 3. The fourth-order valence-corrected chi connectivity index (χ4v) is 1.77. The Morgan fingerprint density at radius 1 is 1.54 bits per heavy atom. The predicted octanol–water partition coefficient (Wildman–Crippen LogP) is 0.365. The third-order valence-corrected chi connectivity index (χ3v) is 3.00. The molecule has 13 heavy (non-hydrogen) atoms. The van der Waals surface area contributed by atoms with Gasteiger partial charge in [-0.05, 0) is 6.42 Å². The average molecular weight is 223 g/mol. The van der Waals surface area contributed by atoms with Gasteiger partial charge in [-0.2, -0.15) is 0 Å². The molecular weight excluding hydrogens is 207 g/mol. The Morgan fingerprint density at radius 3 is 2.77 bits per heavy atom. The molecule has 0 aliphatic heterocycles. The van der Waals surface area contributed by atoms with Gasteiger partial charge >= 0.3 is 13.0 Å². The Labute approximate surface area is 84.4 Å². The SMILES string of the molecule is CCCCN[P+](=S)NCNC(N)=O. The second-order valence-corrected chi connectivity index (χ2v) is 4.75. The zero-order valence-electron chi connectivity index (χ0n) is 7.67. The zero-order valence-corrected chi connectivity index (χ0v) is 9.38. The summed E-state index contributed by atoms with van der Waals surface area (Å²) in [5, 5.41) is 8.47. The van der Waals surface area contributed by atoms with E-state index in [1.165, 1.54) is 0 Å². The molecule has 0 aliphatic rings. The van der Waals surface area contributed by atoms with E-state index in [2.05, 4.69) is 22.4 Å². The molecule has 76 valence electrons. The van der Waals surface area contributed by atoms with E-state index in [0.29, 0.717) is 6.67 Å². The molecule has 5 N–H and O–H groups in total. The van der Waals surface area contributed by atoms with Gasteiger partial charge in [-0.15, -0.1) is 5.09 Å². The molecule has 0 saturated heterocycles. The van der Waals surface area contributed by atoms with Crippen LogP contribution in [0.4, 0.5) is 4.79 Å². The molecule has 0 bridgehead atoms. The zero-order chi connectivity index (χ0) is 10.1. The molecule has 0 aromatic carbocycles. The Kier molecular flexibility index (Phi) is 8.13. The van der Waals surface area contributed by atoms with Crippen LogP contribution in [0.2, 0.25) is 0 Å². The fraction of sp³-hybridized carbons (Fsp3) is 0.833. The van der Waals surface area contributed by atoms with Crippen LogP contribution in [0.1, 0.15) is 19.8 Å². The van der Waals surface area contributed by atoms with Crippen LogP contribution in [0.25, 0.3) is 0 Å². The highest BCUT2D eigenvalue weighted by molar-refractivity contribution is 8.03. The summed E-state index contributed by atoms with van der Waals surface area (Å²) in [6.07, 6.45) is 2.26. The molecule has 1 atom stereocenters. The molecule has 0 spiro atoms. The number of nitrogens with two attached hydrogens (primary N) is 1. The van der Waals surface area contributed by atoms with E-state index in [4.69, 9.17) is 17.5 Å². The fourth-order valence-electron chi connectivity index (χ4n) is 0.612. The smallest absolute Gasteiger partial charge is 0.352 e. The number of hydrogen-bond donors (Lipinski definition) is 4. The van der Waals surface area contributed by atoms with Crippen molar-refractivity contribution in [1.29, 1.82) is 0 Å². The summed E-state index contributed by atoms with van der Waals surface area (Å²) in [5.41, 5.74) is 4.86. The summed E-state index contributed by atoms with van der Waals surface area (Å²) in [5.74, 6) is 0. The molecule has 0 heterocycles. The normalized spacial score (nSPS) is 11.0. The number of hydrogen-bond acceptors (Lipinski definition) is 2. The molecule has 0 rings (SSSR count). The summed E-state index contributed by atoms with van der Waals surface area (Å²) in [7, 11) is 0. The molecule has 0 aliphatic carbocycles. The van der Waals surface area contributed by atoms with E-state index in [1.807, 2.05) is 0 Å². The van der Waals surface area contributed by atoms with Gasteiger partial charge in [0.25, 0.3) is 0 Å². The summed E-state index contributed by atoms with van der Waals surface area (Å²) in [6, 6.07) is -0.542. The van der Waals surface area contributed by atoms with Gasteiger partial charge in [0.15, 0.2) is 0 Å².